The molecule has 1 atom stereocenters. The summed E-state index contributed by atoms with van der Waals surface area (Å²) in [5, 5.41) is 7.38. The predicted octanol–water partition coefficient (Wildman–Crippen LogP) is 0.609. The Morgan fingerprint density at radius 2 is 1.88 bits per heavy atom. The highest BCUT2D eigenvalue weighted by Crippen LogP contribution is 2.15. The molecular weight excluding hydrogens is 332 g/mol. The molecule has 0 spiro atoms. The van der Waals surface area contributed by atoms with Gasteiger partial charge in [0.25, 0.3) is 0 Å². The number of hydrogen-bond acceptors (Lipinski definition) is 5. The molecule has 0 bridgehead atoms. The third kappa shape index (κ3) is 4.67. The van der Waals surface area contributed by atoms with Gasteiger partial charge in [-0.3, -0.25) is 9.58 Å². The van der Waals surface area contributed by atoms with Crippen LogP contribution in [0.15, 0.2) is 12.4 Å². The molecule has 2 amide bonds. The summed E-state index contributed by atoms with van der Waals surface area (Å²) in [6, 6.07) is 0.411. The Kier molecular flexibility index (Phi) is 6.37. The van der Waals surface area contributed by atoms with Gasteiger partial charge in [0, 0.05) is 65.1 Å². The molecule has 1 N–H and O–H groups in total. The second-order valence-electron chi connectivity index (χ2n) is 7.49. The number of urea groups is 1. The van der Waals surface area contributed by atoms with Gasteiger partial charge in [-0.25, -0.2) is 4.79 Å². The fourth-order valence-corrected chi connectivity index (χ4v) is 3.74. The van der Waals surface area contributed by atoms with E-state index in [9.17, 15) is 4.79 Å². The number of carbonyl (C=O) groups is 1. The fourth-order valence-electron chi connectivity index (χ4n) is 3.74. The fraction of sp³-hybridized carbons (Fsp3) is 0.778. The summed E-state index contributed by atoms with van der Waals surface area (Å²) in [5.74, 6) is 0.496. The number of nitrogens with zero attached hydrogens (tertiary/aromatic N) is 5. The maximum absolute atomic E-state index is 12.6. The molecule has 2 fully saturated rings. The zero-order valence-electron chi connectivity index (χ0n) is 16.2. The van der Waals surface area contributed by atoms with Crippen LogP contribution in [0.5, 0.6) is 0 Å². The standard InChI is InChI=1S/C18H32N6O2/c1-15(2)17(23-8-10-26-11-9-23)13-19-18(25)24-6-4-22(5-7-24)16-12-20-21(3)14-16/h12,14-15,17H,4-11,13H2,1-3H3,(H,19,25). The summed E-state index contributed by atoms with van der Waals surface area (Å²) in [4.78, 5) is 19.2. The Bertz CT molecular complexity index is 576. The number of morpholine rings is 1. The Labute approximate surface area is 156 Å². The first kappa shape index (κ1) is 19.0. The second-order valence-corrected chi connectivity index (χ2v) is 7.49. The minimum atomic E-state index is 0.0507. The third-order valence-corrected chi connectivity index (χ3v) is 5.37. The first-order chi connectivity index (χ1) is 12.5. The molecular formula is C18H32N6O2. The smallest absolute Gasteiger partial charge is 0.317 e. The van der Waals surface area contributed by atoms with E-state index in [-0.39, 0.29) is 6.03 Å². The van der Waals surface area contributed by atoms with Crippen LogP contribution in [0.1, 0.15) is 13.8 Å². The minimum absolute atomic E-state index is 0.0507. The monoisotopic (exact) mass is 364 g/mol. The molecule has 3 heterocycles. The highest BCUT2D eigenvalue weighted by Gasteiger charge is 2.26. The van der Waals surface area contributed by atoms with Gasteiger partial charge in [-0.2, -0.15) is 5.10 Å². The van der Waals surface area contributed by atoms with Crippen LogP contribution in [0.3, 0.4) is 0 Å². The molecule has 0 aliphatic carbocycles. The lowest BCUT2D eigenvalue weighted by Crippen LogP contribution is -2.55. The number of amides is 2. The molecule has 0 radical (unpaired) electrons. The zero-order chi connectivity index (χ0) is 18.5. The van der Waals surface area contributed by atoms with Crippen LogP contribution in [0, 0.1) is 5.92 Å². The van der Waals surface area contributed by atoms with Crippen LogP contribution >= 0.6 is 0 Å². The van der Waals surface area contributed by atoms with Gasteiger partial charge in [-0.15, -0.1) is 0 Å². The lowest BCUT2D eigenvalue weighted by Gasteiger charge is -2.38. The number of rotatable bonds is 5. The number of anilines is 1. The van der Waals surface area contributed by atoms with Crippen molar-refractivity contribution >= 4 is 11.7 Å². The van der Waals surface area contributed by atoms with Crippen molar-refractivity contribution in [1.82, 2.24) is 24.9 Å². The maximum Gasteiger partial charge on any atom is 0.317 e. The van der Waals surface area contributed by atoms with E-state index in [1.54, 1.807) is 0 Å². The Hall–Kier alpha value is -1.80. The first-order valence-electron chi connectivity index (χ1n) is 9.63. The zero-order valence-corrected chi connectivity index (χ0v) is 16.2. The van der Waals surface area contributed by atoms with Crippen molar-refractivity contribution in [2.75, 3.05) is 63.9 Å². The van der Waals surface area contributed by atoms with Crippen molar-refractivity contribution < 1.29 is 9.53 Å². The van der Waals surface area contributed by atoms with Crippen LogP contribution in [-0.2, 0) is 11.8 Å². The summed E-state index contributed by atoms with van der Waals surface area (Å²) >= 11 is 0. The lowest BCUT2D eigenvalue weighted by molar-refractivity contribution is 0.00693. The van der Waals surface area contributed by atoms with Crippen molar-refractivity contribution in [3.63, 3.8) is 0 Å². The summed E-state index contributed by atoms with van der Waals surface area (Å²) in [5.41, 5.74) is 1.12. The van der Waals surface area contributed by atoms with Gasteiger partial charge in [0.15, 0.2) is 0 Å². The summed E-state index contributed by atoms with van der Waals surface area (Å²) in [6.45, 7) is 11.8. The molecule has 1 aromatic heterocycles. The van der Waals surface area contributed by atoms with E-state index in [0.29, 0.717) is 18.5 Å². The van der Waals surface area contributed by atoms with Crippen molar-refractivity contribution in [3.8, 4) is 0 Å². The van der Waals surface area contributed by atoms with E-state index in [1.165, 1.54) is 0 Å². The van der Waals surface area contributed by atoms with Gasteiger partial charge < -0.3 is 19.9 Å². The van der Waals surface area contributed by atoms with Gasteiger partial charge in [0.1, 0.15) is 0 Å². The highest BCUT2D eigenvalue weighted by atomic mass is 16.5. The summed E-state index contributed by atoms with van der Waals surface area (Å²) in [7, 11) is 1.92. The number of aryl methyl sites for hydroxylation is 1. The van der Waals surface area contributed by atoms with E-state index in [0.717, 1.165) is 58.2 Å². The van der Waals surface area contributed by atoms with Crippen molar-refractivity contribution in [1.29, 1.82) is 0 Å². The maximum atomic E-state index is 12.6. The van der Waals surface area contributed by atoms with Crippen molar-refractivity contribution in [3.05, 3.63) is 12.4 Å². The topological polar surface area (TPSA) is 65.9 Å². The quantitative estimate of drug-likeness (QED) is 0.829. The van der Waals surface area contributed by atoms with Gasteiger partial charge in [0.05, 0.1) is 25.1 Å². The average molecular weight is 364 g/mol. The number of nitrogens with one attached hydrogen (secondary N) is 1. The van der Waals surface area contributed by atoms with E-state index in [4.69, 9.17) is 4.74 Å². The normalized spacial score (nSPS) is 20.5. The highest BCUT2D eigenvalue weighted by molar-refractivity contribution is 5.74. The molecule has 1 unspecified atom stereocenters. The van der Waals surface area contributed by atoms with Crippen LogP contribution in [0.4, 0.5) is 10.5 Å². The van der Waals surface area contributed by atoms with Crippen LogP contribution in [0.2, 0.25) is 0 Å². The molecule has 2 aliphatic rings. The number of hydrogen-bond donors (Lipinski definition) is 1. The predicted molar refractivity (Wildman–Crippen MR) is 101 cm³/mol. The second kappa shape index (κ2) is 8.73. The van der Waals surface area contributed by atoms with E-state index in [2.05, 4.69) is 34.1 Å². The Morgan fingerprint density at radius 3 is 2.46 bits per heavy atom. The average Bonchev–Trinajstić information content (AvgIpc) is 3.09. The first-order valence-corrected chi connectivity index (χ1v) is 9.63. The van der Waals surface area contributed by atoms with Crippen molar-refractivity contribution in [2.45, 2.75) is 19.9 Å². The third-order valence-electron chi connectivity index (χ3n) is 5.37. The molecule has 0 saturated carbocycles. The molecule has 1 aromatic rings. The molecule has 0 aromatic carbocycles. The van der Waals surface area contributed by atoms with Crippen molar-refractivity contribution in [2.24, 2.45) is 13.0 Å². The largest absolute Gasteiger partial charge is 0.379 e. The summed E-state index contributed by atoms with van der Waals surface area (Å²) < 4.78 is 7.26. The van der Waals surface area contributed by atoms with Crippen LogP contribution in [-0.4, -0.2) is 90.7 Å². The van der Waals surface area contributed by atoms with E-state index >= 15 is 0 Å². The number of carbonyl (C=O) groups excluding carboxylic acids is 1. The van der Waals surface area contributed by atoms with Gasteiger partial charge in [-0.05, 0) is 5.92 Å². The molecule has 2 saturated heterocycles. The molecule has 8 heteroatoms. The minimum Gasteiger partial charge on any atom is -0.379 e. The number of aromatic nitrogens is 2. The Morgan fingerprint density at radius 1 is 1.19 bits per heavy atom. The van der Waals surface area contributed by atoms with Crippen LogP contribution in [0.25, 0.3) is 0 Å². The summed E-state index contributed by atoms with van der Waals surface area (Å²) in [6.07, 6.45) is 3.90. The van der Waals surface area contributed by atoms with E-state index < -0.39 is 0 Å². The Balaban J connectivity index is 1.46. The molecule has 146 valence electrons. The molecule has 3 rings (SSSR count). The lowest BCUT2D eigenvalue weighted by atomic mass is 10.0. The van der Waals surface area contributed by atoms with Gasteiger partial charge in [0.2, 0.25) is 0 Å². The molecule has 8 nitrogen and oxygen atoms in total. The van der Waals surface area contributed by atoms with Gasteiger partial charge >= 0.3 is 6.03 Å². The number of ether oxygens (including phenoxy) is 1. The number of piperazine rings is 1. The van der Waals surface area contributed by atoms with Crippen LogP contribution < -0.4 is 10.2 Å². The van der Waals surface area contributed by atoms with Gasteiger partial charge in [-0.1, -0.05) is 13.8 Å². The molecule has 2 aliphatic heterocycles. The SMILES string of the molecule is CC(C)C(CNC(=O)N1CCN(c2cnn(C)c2)CC1)N1CCOCC1. The van der Waals surface area contributed by atoms with E-state index in [1.807, 2.05) is 29.0 Å². The molecule has 26 heavy (non-hydrogen) atoms.